The SMILES string of the molecule is Cn1c(SC2CCCCc3ccccc32)nnc1-c1ccccn1. The standard InChI is InChI=1S/C19H20N4S/c1-23-18(16-11-6-7-13-20-16)21-22-19(23)24-17-12-5-3-9-14-8-2-4-10-15(14)17/h2,4,6-8,10-11,13,17H,3,5,9,12H2,1H3. The Morgan fingerprint density at radius 3 is 2.79 bits per heavy atom. The molecule has 0 amide bonds. The molecule has 1 aliphatic rings. The molecule has 0 saturated carbocycles. The summed E-state index contributed by atoms with van der Waals surface area (Å²) in [6.45, 7) is 0. The van der Waals surface area contributed by atoms with Gasteiger partial charge in [-0.2, -0.15) is 0 Å². The summed E-state index contributed by atoms with van der Waals surface area (Å²) in [6, 6.07) is 14.7. The van der Waals surface area contributed by atoms with Crippen LogP contribution in [0.3, 0.4) is 0 Å². The second-order valence-corrected chi connectivity index (χ2v) is 7.30. The maximum absolute atomic E-state index is 4.43. The zero-order chi connectivity index (χ0) is 16.4. The van der Waals surface area contributed by atoms with Gasteiger partial charge in [0, 0.05) is 18.5 Å². The molecule has 2 aromatic heterocycles. The number of fused-ring (bicyclic) bond motifs is 1. The minimum atomic E-state index is 0.447. The van der Waals surface area contributed by atoms with E-state index in [0.717, 1.165) is 16.7 Å². The lowest BCUT2D eigenvalue weighted by molar-refractivity contribution is 0.699. The van der Waals surface area contributed by atoms with Crippen LogP contribution in [-0.4, -0.2) is 19.7 Å². The predicted octanol–water partition coefficient (Wildman–Crippen LogP) is 4.44. The molecule has 2 heterocycles. The van der Waals surface area contributed by atoms with E-state index in [0.29, 0.717) is 5.25 Å². The van der Waals surface area contributed by atoms with Gasteiger partial charge >= 0.3 is 0 Å². The number of pyridine rings is 1. The van der Waals surface area contributed by atoms with Crippen LogP contribution in [0.2, 0.25) is 0 Å². The molecule has 4 nitrogen and oxygen atoms in total. The molecule has 1 aliphatic carbocycles. The summed E-state index contributed by atoms with van der Waals surface area (Å²) < 4.78 is 2.06. The number of benzene rings is 1. The van der Waals surface area contributed by atoms with Crippen LogP contribution in [0.1, 0.15) is 35.6 Å². The van der Waals surface area contributed by atoms with Crippen molar-refractivity contribution in [1.29, 1.82) is 0 Å². The largest absolute Gasteiger partial charge is 0.304 e. The molecule has 24 heavy (non-hydrogen) atoms. The smallest absolute Gasteiger partial charge is 0.191 e. The summed E-state index contributed by atoms with van der Waals surface area (Å²) in [5.74, 6) is 0.819. The molecule has 0 N–H and O–H groups in total. The Morgan fingerprint density at radius 2 is 1.92 bits per heavy atom. The van der Waals surface area contributed by atoms with Gasteiger partial charge in [-0.25, -0.2) is 0 Å². The summed E-state index contributed by atoms with van der Waals surface area (Å²) in [7, 11) is 2.02. The topological polar surface area (TPSA) is 43.6 Å². The Bertz CT molecular complexity index is 828. The van der Waals surface area contributed by atoms with Crippen molar-refractivity contribution in [3.63, 3.8) is 0 Å². The minimum Gasteiger partial charge on any atom is -0.304 e. The molecular formula is C19H20N4S. The fourth-order valence-electron chi connectivity index (χ4n) is 3.26. The quantitative estimate of drug-likeness (QED) is 0.663. The average molecular weight is 336 g/mol. The molecule has 4 rings (SSSR count). The summed E-state index contributed by atoms with van der Waals surface area (Å²) in [5, 5.41) is 10.2. The first-order chi connectivity index (χ1) is 11.8. The van der Waals surface area contributed by atoms with Crippen molar-refractivity contribution in [1.82, 2.24) is 19.7 Å². The van der Waals surface area contributed by atoms with Gasteiger partial charge in [0.2, 0.25) is 0 Å². The van der Waals surface area contributed by atoms with Gasteiger partial charge in [0.25, 0.3) is 0 Å². The van der Waals surface area contributed by atoms with E-state index < -0.39 is 0 Å². The van der Waals surface area contributed by atoms with Crippen LogP contribution in [0.25, 0.3) is 11.5 Å². The number of thioether (sulfide) groups is 1. The minimum absolute atomic E-state index is 0.447. The number of aryl methyl sites for hydroxylation is 1. The van der Waals surface area contributed by atoms with Gasteiger partial charge in [0.15, 0.2) is 11.0 Å². The van der Waals surface area contributed by atoms with E-state index in [9.17, 15) is 0 Å². The summed E-state index contributed by atoms with van der Waals surface area (Å²) in [4.78, 5) is 4.39. The number of rotatable bonds is 3. The summed E-state index contributed by atoms with van der Waals surface area (Å²) in [6.07, 6.45) is 6.69. The lowest BCUT2D eigenvalue weighted by atomic mass is 10.0. The molecule has 0 fully saturated rings. The fourth-order valence-corrected chi connectivity index (χ4v) is 4.49. The normalized spacial score (nSPS) is 17.3. The van der Waals surface area contributed by atoms with Crippen LogP contribution in [0, 0.1) is 0 Å². The van der Waals surface area contributed by atoms with E-state index in [2.05, 4.69) is 44.0 Å². The van der Waals surface area contributed by atoms with E-state index >= 15 is 0 Å². The van der Waals surface area contributed by atoms with Crippen molar-refractivity contribution in [2.24, 2.45) is 7.05 Å². The third kappa shape index (κ3) is 2.96. The Hall–Kier alpha value is -2.14. The zero-order valence-corrected chi connectivity index (χ0v) is 14.5. The van der Waals surface area contributed by atoms with Crippen LogP contribution in [0.5, 0.6) is 0 Å². The van der Waals surface area contributed by atoms with Gasteiger partial charge in [-0.05, 0) is 42.5 Å². The average Bonchev–Trinajstić information content (AvgIpc) is 2.86. The second kappa shape index (κ2) is 6.77. The fraction of sp³-hybridized carbons (Fsp3) is 0.316. The second-order valence-electron chi connectivity index (χ2n) is 6.13. The molecule has 0 radical (unpaired) electrons. The van der Waals surface area contributed by atoms with Crippen LogP contribution >= 0.6 is 11.8 Å². The van der Waals surface area contributed by atoms with Gasteiger partial charge in [-0.3, -0.25) is 4.98 Å². The lowest BCUT2D eigenvalue weighted by Crippen LogP contribution is -2.00. The molecule has 0 saturated heterocycles. The number of aromatic nitrogens is 4. The van der Waals surface area contributed by atoms with Crippen molar-refractivity contribution in [3.05, 3.63) is 59.8 Å². The van der Waals surface area contributed by atoms with Gasteiger partial charge in [-0.15, -0.1) is 10.2 Å². The summed E-state index contributed by atoms with van der Waals surface area (Å²) in [5.41, 5.74) is 3.81. The van der Waals surface area contributed by atoms with Gasteiger partial charge < -0.3 is 4.57 Å². The monoisotopic (exact) mass is 336 g/mol. The zero-order valence-electron chi connectivity index (χ0n) is 13.7. The van der Waals surface area contributed by atoms with Gasteiger partial charge in [-0.1, -0.05) is 48.5 Å². The third-order valence-corrected chi connectivity index (χ3v) is 5.88. The molecule has 5 heteroatoms. The third-order valence-electron chi connectivity index (χ3n) is 4.54. The molecule has 0 aliphatic heterocycles. The highest BCUT2D eigenvalue weighted by Gasteiger charge is 2.22. The Labute approximate surface area is 146 Å². The number of hydrogen-bond acceptors (Lipinski definition) is 4. The maximum atomic E-state index is 4.43. The van der Waals surface area contributed by atoms with Crippen molar-refractivity contribution >= 4 is 11.8 Å². The van der Waals surface area contributed by atoms with Crippen molar-refractivity contribution < 1.29 is 0 Å². The maximum Gasteiger partial charge on any atom is 0.191 e. The molecular weight excluding hydrogens is 316 g/mol. The van der Waals surface area contributed by atoms with Crippen molar-refractivity contribution in [2.45, 2.75) is 36.1 Å². The Kier molecular flexibility index (Phi) is 4.34. The molecule has 0 bridgehead atoms. The first-order valence-corrected chi connectivity index (χ1v) is 9.26. The molecule has 122 valence electrons. The molecule has 1 aromatic carbocycles. The Morgan fingerprint density at radius 1 is 1.04 bits per heavy atom. The van der Waals surface area contributed by atoms with Crippen molar-refractivity contribution in [2.75, 3.05) is 0 Å². The van der Waals surface area contributed by atoms with Crippen LogP contribution in [0.15, 0.2) is 53.8 Å². The number of hydrogen-bond donors (Lipinski definition) is 0. The molecule has 1 unspecified atom stereocenters. The summed E-state index contributed by atoms with van der Waals surface area (Å²) >= 11 is 1.82. The molecule has 3 aromatic rings. The van der Waals surface area contributed by atoms with Gasteiger partial charge in [0.05, 0.1) is 0 Å². The van der Waals surface area contributed by atoms with Gasteiger partial charge in [0.1, 0.15) is 5.69 Å². The number of nitrogens with zero attached hydrogens (tertiary/aromatic N) is 4. The van der Waals surface area contributed by atoms with E-state index in [1.807, 2.05) is 37.0 Å². The lowest BCUT2D eigenvalue weighted by Gasteiger charge is -2.16. The predicted molar refractivity (Wildman–Crippen MR) is 96.8 cm³/mol. The Balaban J connectivity index is 1.64. The van der Waals surface area contributed by atoms with E-state index in [1.54, 1.807) is 6.20 Å². The van der Waals surface area contributed by atoms with Crippen LogP contribution in [-0.2, 0) is 13.5 Å². The molecule has 1 atom stereocenters. The first-order valence-electron chi connectivity index (χ1n) is 8.38. The van der Waals surface area contributed by atoms with Crippen LogP contribution < -0.4 is 0 Å². The van der Waals surface area contributed by atoms with E-state index in [-0.39, 0.29) is 0 Å². The van der Waals surface area contributed by atoms with Crippen molar-refractivity contribution in [3.8, 4) is 11.5 Å². The molecule has 0 spiro atoms. The highest BCUT2D eigenvalue weighted by molar-refractivity contribution is 7.99. The highest BCUT2D eigenvalue weighted by atomic mass is 32.2. The first kappa shape index (κ1) is 15.4. The van der Waals surface area contributed by atoms with E-state index in [1.165, 1.54) is 36.8 Å². The van der Waals surface area contributed by atoms with E-state index in [4.69, 9.17) is 0 Å². The van der Waals surface area contributed by atoms with Crippen LogP contribution in [0.4, 0.5) is 0 Å². The highest BCUT2D eigenvalue weighted by Crippen LogP contribution is 2.42.